The Hall–Kier alpha value is -0.410. The second-order valence-corrected chi connectivity index (χ2v) is 3.51. The molecule has 1 unspecified atom stereocenters. The Labute approximate surface area is 80.4 Å². The molecule has 0 aromatic heterocycles. The van der Waals surface area contributed by atoms with Crippen molar-refractivity contribution in [2.24, 2.45) is 5.92 Å². The number of ketones is 1. The minimum Gasteiger partial charge on any atom is -0.385 e. The Bertz CT molecular complexity index is 143. The van der Waals surface area contributed by atoms with Gasteiger partial charge in [-0.3, -0.25) is 4.79 Å². The first-order chi connectivity index (χ1) is 6.07. The lowest BCUT2D eigenvalue weighted by molar-refractivity contribution is -0.128. The van der Waals surface area contributed by atoms with Crippen molar-refractivity contribution in [3.05, 3.63) is 0 Å². The van der Waals surface area contributed by atoms with E-state index in [1.165, 1.54) is 0 Å². The van der Waals surface area contributed by atoms with E-state index in [-0.39, 0.29) is 24.4 Å². The van der Waals surface area contributed by atoms with Crippen LogP contribution in [-0.4, -0.2) is 32.2 Å². The zero-order valence-corrected chi connectivity index (χ0v) is 9.00. The Morgan fingerprint density at radius 3 is 2.38 bits per heavy atom. The molecule has 0 radical (unpaired) electrons. The number of rotatable bonds is 7. The molecule has 13 heavy (non-hydrogen) atoms. The number of hydrogen-bond donors (Lipinski definition) is 0. The van der Waals surface area contributed by atoms with Gasteiger partial charge < -0.3 is 9.47 Å². The second-order valence-electron chi connectivity index (χ2n) is 3.51. The van der Waals surface area contributed by atoms with Crippen LogP contribution in [0.15, 0.2) is 0 Å². The topological polar surface area (TPSA) is 35.5 Å². The highest BCUT2D eigenvalue weighted by molar-refractivity contribution is 5.81. The highest BCUT2D eigenvalue weighted by atomic mass is 16.5. The standard InChI is InChI=1S/C10H20O3/c1-8(2)13-7-10(11)9(3)5-6-12-4/h8-9H,5-7H2,1-4H3. The number of hydrogen-bond acceptors (Lipinski definition) is 3. The molecule has 3 nitrogen and oxygen atoms in total. The summed E-state index contributed by atoms with van der Waals surface area (Å²) >= 11 is 0. The van der Waals surface area contributed by atoms with Crippen LogP contribution in [0.25, 0.3) is 0 Å². The van der Waals surface area contributed by atoms with Crippen LogP contribution in [0.5, 0.6) is 0 Å². The van der Waals surface area contributed by atoms with Crippen molar-refractivity contribution >= 4 is 5.78 Å². The average molecular weight is 188 g/mol. The van der Waals surface area contributed by atoms with E-state index in [0.29, 0.717) is 6.61 Å². The first-order valence-electron chi connectivity index (χ1n) is 4.71. The molecule has 0 aliphatic rings. The molecule has 0 heterocycles. The summed E-state index contributed by atoms with van der Waals surface area (Å²) in [5, 5.41) is 0. The third-order valence-electron chi connectivity index (χ3n) is 1.86. The van der Waals surface area contributed by atoms with Crippen LogP contribution in [0, 0.1) is 5.92 Å². The molecule has 0 saturated heterocycles. The zero-order valence-electron chi connectivity index (χ0n) is 9.00. The van der Waals surface area contributed by atoms with Crippen LogP contribution in [0.4, 0.5) is 0 Å². The predicted octanol–water partition coefficient (Wildman–Crippen LogP) is 1.65. The van der Waals surface area contributed by atoms with E-state index >= 15 is 0 Å². The summed E-state index contributed by atoms with van der Waals surface area (Å²) in [5.41, 5.74) is 0. The minimum atomic E-state index is 0.0405. The quantitative estimate of drug-likeness (QED) is 0.609. The molecule has 1 atom stereocenters. The van der Waals surface area contributed by atoms with Crippen LogP contribution in [-0.2, 0) is 14.3 Å². The predicted molar refractivity (Wildman–Crippen MR) is 51.8 cm³/mol. The van der Waals surface area contributed by atoms with E-state index in [9.17, 15) is 4.79 Å². The van der Waals surface area contributed by atoms with Crippen LogP contribution in [0.2, 0.25) is 0 Å². The van der Waals surface area contributed by atoms with Crippen LogP contribution in [0.1, 0.15) is 27.2 Å². The van der Waals surface area contributed by atoms with Gasteiger partial charge in [-0.25, -0.2) is 0 Å². The van der Waals surface area contributed by atoms with Gasteiger partial charge in [-0.15, -0.1) is 0 Å². The van der Waals surface area contributed by atoms with Gasteiger partial charge in [0.25, 0.3) is 0 Å². The molecule has 0 N–H and O–H groups in total. The number of carbonyl (C=O) groups excluding carboxylic acids is 1. The van der Waals surface area contributed by atoms with E-state index < -0.39 is 0 Å². The summed E-state index contributed by atoms with van der Waals surface area (Å²) in [6.07, 6.45) is 0.898. The van der Waals surface area contributed by atoms with Crippen LogP contribution < -0.4 is 0 Å². The van der Waals surface area contributed by atoms with Gasteiger partial charge in [-0.2, -0.15) is 0 Å². The Kier molecular flexibility index (Phi) is 6.82. The Balaban J connectivity index is 3.57. The van der Waals surface area contributed by atoms with Gasteiger partial charge in [0.15, 0.2) is 5.78 Å². The van der Waals surface area contributed by atoms with E-state index in [4.69, 9.17) is 9.47 Å². The lowest BCUT2D eigenvalue weighted by atomic mass is 10.0. The molecule has 78 valence electrons. The fraction of sp³-hybridized carbons (Fsp3) is 0.900. The van der Waals surface area contributed by atoms with Gasteiger partial charge in [0.1, 0.15) is 6.61 Å². The first kappa shape index (κ1) is 12.6. The number of methoxy groups -OCH3 is 1. The van der Waals surface area contributed by atoms with Crippen molar-refractivity contribution in [3.8, 4) is 0 Å². The maximum atomic E-state index is 11.4. The first-order valence-corrected chi connectivity index (χ1v) is 4.71. The molecule has 0 rings (SSSR count). The zero-order chi connectivity index (χ0) is 10.3. The molecular formula is C10H20O3. The van der Waals surface area contributed by atoms with Crippen molar-refractivity contribution < 1.29 is 14.3 Å². The number of ether oxygens (including phenoxy) is 2. The molecule has 0 bridgehead atoms. The molecule has 0 aliphatic heterocycles. The van der Waals surface area contributed by atoms with E-state index in [1.54, 1.807) is 7.11 Å². The van der Waals surface area contributed by atoms with Gasteiger partial charge in [0, 0.05) is 19.6 Å². The molecule has 0 saturated carbocycles. The molecule has 0 fully saturated rings. The minimum absolute atomic E-state index is 0.0405. The molecule has 0 spiro atoms. The van der Waals surface area contributed by atoms with Gasteiger partial charge >= 0.3 is 0 Å². The molecule has 0 amide bonds. The largest absolute Gasteiger partial charge is 0.385 e. The van der Waals surface area contributed by atoms with Crippen molar-refractivity contribution in [1.82, 2.24) is 0 Å². The normalized spacial score (nSPS) is 13.3. The SMILES string of the molecule is COCCC(C)C(=O)COC(C)C. The van der Waals surface area contributed by atoms with E-state index in [2.05, 4.69) is 0 Å². The highest BCUT2D eigenvalue weighted by Crippen LogP contribution is 2.04. The summed E-state index contributed by atoms with van der Waals surface area (Å²) in [6, 6.07) is 0. The van der Waals surface area contributed by atoms with Gasteiger partial charge in [0.05, 0.1) is 6.10 Å². The smallest absolute Gasteiger partial charge is 0.161 e. The highest BCUT2D eigenvalue weighted by Gasteiger charge is 2.12. The van der Waals surface area contributed by atoms with Crippen LogP contribution in [0.3, 0.4) is 0 Å². The van der Waals surface area contributed by atoms with Crippen molar-refractivity contribution in [2.45, 2.75) is 33.3 Å². The van der Waals surface area contributed by atoms with Gasteiger partial charge in [-0.1, -0.05) is 6.92 Å². The molecule has 0 aliphatic carbocycles. The third kappa shape index (κ3) is 6.72. The van der Waals surface area contributed by atoms with E-state index in [1.807, 2.05) is 20.8 Å². The van der Waals surface area contributed by atoms with E-state index in [0.717, 1.165) is 6.42 Å². The molecule has 0 aromatic rings. The number of Topliss-reactive ketones (excluding diaryl/α,β-unsaturated/α-hetero) is 1. The van der Waals surface area contributed by atoms with Gasteiger partial charge in [-0.05, 0) is 20.3 Å². The number of carbonyl (C=O) groups is 1. The summed E-state index contributed by atoms with van der Waals surface area (Å²) in [7, 11) is 1.64. The summed E-state index contributed by atoms with van der Waals surface area (Å²) in [6.45, 7) is 6.61. The van der Waals surface area contributed by atoms with Crippen molar-refractivity contribution in [2.75, 3.05) is 20.3 Å². The maximum absolute atomic E-state index is 11.4. The summed E-state index contributed by atoms with van der Waals surface area (Å²) in [5.74, 6) is 0.199. The summed E-state index contributed by atoms with van der Waals surface area (Å²) < 4.78 is 10.1. The molecular weight excluding hydrogens is 168 g/mol. The molecule has 3 heteroatoms. The fourth-order valence-electron chi connectivity index (χ4n) is 0.847. The lowest BCUT2D eigenvalue weighted by Crippen LogP contribution is -2.20. The van der Waals surface area contributed by atoms with Crippen molar-refractivity contribution in [1.29, 1.82) is 0 Å². The Morgan fingerprint density at radius 1 is 1.31 bits per heavy atom. The van der Waals surface area contributed by atoms with Crippen LogP contribution >= 0.6 is 0 Å². The fourth-order valence-corrected chi connectivity index (χ4v) is 0.847. The second kappa shape index (κ2) is 7.04. The third-order valence-corrected chi connectivity index (χ3v) is 1.86. The average Bonchev–Trinajstić information content (AvgIpc) is 2.10. The summed E-state index contributed by atoms with van der Waals surface area (Å²) in [4.78, 5) is 11.4. The lowest BCUT2D eigenvalue weighted by Gasteiger charge is -2.11. The Morgan fingerprint density at radius 2 is 1.92 bits per heavy atom. The monoisotopic (exact) mass is 188 g/mol. The maximum Gasteiger partial charge on any atom is 0.161 e. The van der Waals surface area contributed by atoms with Gasteiger partial charge in [0.2, 0.25) is 0 Å². The molecule has 0 aromatic carbocycles. The van der Waals surface area contributed by atoms with Crippen molar-refractivity contribution in [3.63, 3.8) is 0 Å².